The van der Waals surface area contributed by atoms with Gasteiger partial charge in [0.05, 0.1) is 0 Å². The van der Waals surface area contributed by atoms with Crippen molar-refractivity contribution in [3.63, 3.8) is 0 Å². The lowest BCUT2D eigenvalue weighted by Gasteiger charge is -2.09. The number of hydrogen-bond donors (Lipinski definition) is 4. The lowest BCUT2D eigenvalue weighted by molar-refractivity contribution is 0.678. The summed E-state index contributed by atoms with van der Waals surface area (Å²) in [5.41, 5.74) is 0. The zero-order valence-corrected chi connectivity index (χ0v) is 9.97. The van der Waals surface area contributed by atoms with E-state index in [4.69, 9.17) is 12.2 Å². The van der Waals surface area contributed by atoms with Crippen LogP contribution < -0.4 is 21.3 Å². The van der Waals surface area contributed by atoms with Gasteiger partial charge in [0.1, 0.15) is 0 Å². The van der Waals surface area contributed by atoms with Crippen molar-refractivity contribution in [3.05, 3.63) is 0 Å². The Morgan fingerprint density at radius 2 is 1.29 bits per heavy atom. The van der Waals surface area contributed by atoms with E-state index in [0.29, 0.717) is 0 Å². The van der Waals surface area contributed by atoms with Gasteiger partial charge >= 0.3 is 0 Å². The van der Waals surface area contributed by atoms with Crippen LogP contribution in [0.1, 0.15) is 12.8 Å². The third-order valence-electron chi connectivity index (χ3n) is 1.78. The molecule has 0 unspecified atom stereocenters. The summed E-state index contributed by atoms with van der Waals surface area (Å²) in [6, 6.07) is 0. The van der Waals surface area contributed by atoms with Crippen LogP contribution in [0.5, 0.6) is 0 Å². The second-order valence-corrected chi connectivity index (χ2v) is 3.51. The highest BCUT2D eigenvalue weighted by atomic mass is 32.1. The van der Waals surface area contributed by atoms with Crippen molar-refractivity contribution in [3.8, 4) is 0 Å². The third kappa shape index (κ3) is 9.70. The van der Waals surface area contributed by atoms with Crippen LogP contribution in [0, 0.1) is 0 Å². The fraction of sp³-hybridized carbons (Fsp3) is 0.889. The summed E-state index contributed by atoms with van der Waals surface area (Å²) in [5.74, 6) is 0. The maximum atomic E-state index is 5.09. The lowest BCUT2D eigenvalue weighted by atomic mass is 10.4. The Kier molecular flexibility index (Phi) is 10.4. The van der Waals surface area contributed by atoms with Crippen LogP contribution in [0.2, 0.25) is 0 Å². The summed E-state index contributed by atoms with van der Waals surface area (Å²) in [6.45, 7) is 3.90. The largest absolute Gasteiger partial charge is 0.363 e. The number of nitrogens with one attached hydrogen (secondary N) is 4. The highest BCUT2D eigenvalue weighted by Crippen LogP contribution is 1.76. The van der Waals surface area contributed by atoms with E-state index >= 15 is 0 Å². The van der Waals surface area contributed by atoms with Gasteiger partial charge in [0.2, 0.25) is 0 Å². The van der Waals surface area contributed by atoms with E-state index in [0.717, 1.165) is 44.1 Å². The molecule has 84 valence electrons. The van der Waals surface area contributed by atoms with Crippen molar-refractivity contribution in [2.45, 2.75) is 12.8 Å². The first-order chi connectivity index (χ1) is 6.81. The summed E-state index contributed by atoms with van der Waals surface area (Å²) in [7, 11) is 3.91. The molecular formula is C9H22N4S. The van der Waals surface area contributed by atoms with Crippen LogP contribution in [0.4, 0.5) is 0 Å². The summed E-state index contributed by atoms with van der Waals surface area (Å²) in [4.78, 5) is 0. The maximum absolute atomic E-state index is 5.09. The standard InChI is InChI=1S/C9H22N4S/c1-10-5-3-7-12-9(14)13-8-4-6-11-2/h10-11H,3-8H2,1-2H3,(H2,12,13,14). The Bertz CT molecular complexity index is 127. The second kappa shape index (κ2) is 10.7. The summed E-state index contributed by atoms with van der Waals surface area (Å²) >= 11 is 5.09. The van der Waals surface area contributed by atoms with Crippen molar-refractivity contribution in [1.82, 2.24) is 21.3 Å². The number of thiocarbonyl (C=S) groups is 1. The molecular weight excluding hydrogens is 196 g/mol. The maximum Gasteiger partial charge on any atom is 0.166 e. The van der Waals surface area contributed by atoms with Gasteiger partial charge in [0.15, 0.2) is 5.11 Å². The Morgan fingerprint density at radius 3 is 1.64 bits per heavy atom. The van der Waals surface area contributed by atoms with Crippen molar-refractivity contribution in [1.29, 1.82) is 0 Å². The van der Waals surface area contributed by atoms with Crippen molar-refractivity contribution >= 4 is 17.3 Å². The second-order valence-electron chi connectivity index (χ2n) is 3.10. The molecule has 0 rings (SSSR count). The van der Waals surface area contributed by atoms with Gasteiger partial charge in [-0.15, -0.1) is 0 Å². The molecule has 0 atom stereocenters. The summed E-state index contributed by atoms with van der Waals surface area (Å²) in [6.07, 6.45) is 2.18. The summed E-state index contributed by atoms with van der Waals surface area (Å²) in [5, 5.41) is 13.2. The highest BCUT2D eigenvalue weighted by Gasteiger charge is 1.93. The zero-order valence-electron chi connectivity index (χ0n) is 9.15. The molecule has 0 saturated heterocycles. The molecule has 4 N–H and O–H groups in total. The van der Waals surface area contributed by atoms with E-state index < -0.39 is 0 Å². The van der Waals surface area contributed by atoms with E-state index in [-0.39, 0.29) is 0 Å². The first-order valence-electron chi connectivity index (χ1n) is 5.12. The minimum absolute atomic E-state index is 0.761. The molecule has 5 heteroatoms. The third-order valence-corrected chi connectivity index (χ3v) is 2.07. The average molecular weight is 218 g/mol. The Hall–Kier alpha value is -0.390. The molecule has 0 fully saturated rings. The van der Waals surface area contributed by atoms with Gasteiger partial charge in [-0.1, -0.05) is 0 Å². The van der Waals surface area contributed by atoms with Crippen LogP contribution in [0.3, 0.4) is 0 Å². The van der Waals surface area contributed by atoms with Gasteiger partial charge in [0.25, 0.3) is 0 Å². The van der Waals surface area contributed by atoms with Crippen LogP contribution in [0.25, 0.3) is 0 Å². The first kappa shape index (κ1) is 13.6. The molecule has 0 aliphatic heterocycles. The van der Waals surface area contributed by atoms with E-state index in [1.54, 1.807) is 0 Å². The number of rotatable bonds is 8. The fourth-order valence-corrected chi connectivity index (χ4v) is 1.20. The molecule has 0 aliphatic rings. The smallest absolute Gasteiger partial charge is 0.166 e. The van der Waals surface area contributed by atoms with Crippen LogP contribution in [-0.4, -0.2) is 45.4 Å². The molecule has 0 aromatic rings. The SMILES string of the molecule is CNCCCNC(=S)NCCCNC. The minimum atomic E-state index is 0.761. The molecule has 0 amide bonds. The van der Waals surface area contributed by atoms with E-state index in [1.165, 1.54) is 0 Å². The van der Waals surface area contributed by atoms with Crippen molar-refractivity contribution in [2.75, 3.05) is 40.3 Å². The molecule has 0 aliphatic carbocycles. The van der Waals surface area contributed by atoms with Crippen LogP contribution in [-0.2, 0) is 0 Å². The van der Waals surface area contributed by atoms with E-state index in [1.807, 2.05) is 14.1 Å². The van der Waals surface area contributed by atoms with E-state index in [9.17, 15) is 0 Å². The lowest BCUT2D eigenvalue weighted by Crippen LogP contribution is -2.37. The number of hydrogen-bond acceptors (Lipinski definition) is 3. The molecule has 0 aromatic carbocycles. The molecule has 0 aromatic heterocycles. The average Bonchev–Trinajstić information content (AvgIpc) is 2.19. The highest BCUT2D eigenvalue weighted by molar-refractivity contribution is 7.80. The molecule has 4 nitrogen and oxygen atoms in total. The topological polar surface area (TPSA) is 48.1 Å². The minimum Gasteiger partial charge on any atom is -0.363 e. The van der Waals surface area contributed by atoms with Crippen molar-refractivity contribution < 1.29 is 0 Å². The predicted molar refractivity (Wildman–Crippen MR) is 65.7 cm³/mol. The van der Waals surface area contributed by atoms with Crippen LogP contribution in [0.15, 0.2) is 0 Å². The molecule has 0 radical (unpaired) electrons. The first-order valence-corrected chi connectivity index (χ1v) is 5.53. The van der Waals surface area contributed by atoms with Gasteiger partial charge < -0.3 is 21.3 Å². The van der Waals surface area contributed by atoms with Gasteiger partial charge in [-0.25, -0.2) is 0 Å². The van der Waals surface area contributed by atoms with Crippen LogP contribution >= 0.6 is 12.2 Å². The predicted octanol–water partition coefficient (Wildman–Crippen LogP) is -0.330. The molecule has 14 heavy (non-hydrogen) atoms. The Balaban J connectivity index is 3.11. The Morgan fingerprint density at radius 1 is 0.857 bits per heavy atom. The van der Waals surface area contributed by atoms with Gasteiger partial charge in [-0.3, -0.25) is 0 Å². The molecule has 0 heterocycles. The molecule has 0 saturated carbocycles. The Labute approximate surface area is 92.2 Å². The van der Waals surface area contributed by atoms with E-state index in [2.05, 4.69) is 21.3 Å². The van der Waals surface area contributed by atoms with Crippen molar-refractivity contribution in [2.24, 2.45) is 0 Å². The monoisotopic (exact) mass is 218 g/mol. The van der Waals surface area contributed by atoms with Gasteiger partial charge in [-0.2, -0.15) is 0 Å². The molecule has 0 bridgehead atoms. The normalized spacial score (nSPS) is 9.86. The van der Waals surface area contributed by atoms with Gasteiger partial charge in [0, 0.05) is 13.1 Å². The fourth-order valence-electron chi connectivity index (χ4n) is 0.997. The zero-order chi connectivity index (χ0) is 10.6. The van der Waals surface area contributed by atoms with Gasteiger partial charge in [-0.05, 0) is 52.2 Å². The summed E-state index contributed by atoms with van der Waals surface area (Å²) < 4.78 is 0. The molecule has 0 spiro atoms. The quantitative estimate of drug-likeness (QED) is 0.332.